The van der Waals surface area contributed by atoms with Crippen LogP contribution in [-0.2, 0) is 0 Å². The smallest absolute Gasteiger partial charge is 0.271 e. The Kier molecular flexibility index (Phi) is 5.96. The van der Waals surface area contributed by atoms with E-state index >= 15 is 0 Å². The van der Waals surface area contributed by atoms with E-state index in [0.717, 1.165) is 25.2 Å². The maximum absolute atomic E-state index is 12.2. The quantitative estimate of drug-likeness (QED) is 0.818. The predicted molar refractivity (Wildman–Crippen MR) is 84.3 cm³/mol. The topological polar surface area (TPSA) is 66.9 Å². The van der Waals surface area contributed by atoms with E-state index in [0.29, 0.717) is 17.7 Å². The van der Waals surface area contributed by atoms with Crippen LogP contribution in [0.2, 0.25) is 0 Å². The molecule has 0 aromatic carbocycles. The number of rotatable bonds is 5. The lowest BCUT2D eigenvalue weighted by atomic mass is 10.1. The molecule has 116 valence electrons. The molecule has 1 aliphatic carbocycles. The molecule has 1 heterocycles. The van der Waals surface area contributed by atoms with E-state index in [1.807, 2.05) is 0 Å². The van der Waals surface area contributed by atoms with Gasteiger partial charge in [0.25, 0.3) is 5.91 Å². The summed E-state index contributed by atoms with van der Waals surface area (Å²) >= 11 is 0. The summed E-state index contributed by atoms with van der Waals surface area (Å²) in [5.74, 6) is 1.16. The van der Waals surface area contributed by atoms with Gasteiger partial charge in [-0.2, -0.15) is 0 Å². The highest BCUT2D eigenvalue weighted by Crippen LogP contribution is 2.17. The van der Waals surface area contributed by atoms with Gasteiger partial charge >= 0.3 is 0 Å². The molecule has 0 unspecified atom stereocenters. The molecule has 0 saturated heterocycles. The Hall–Kier alpha value is -1.65. The minimum atomic E-state index is -0.107. The van der Waals surface area contributed by atoms with E-state index in [9.17, 15) is 4.79 Å². The number of hydrogen-bond acceptors (Lipinski definition) is 4. The van der Waals surface area contributed by atoms with Crippen LogP contribution in [0.25, 0.3) is 0 Å². The standard InChI is InChI=1S/C16H26N4O/c1-12(2)9-18-15-11-17-14(10-19-15)16(21)20-13-7-5-3-4-6-8-13/h10-13H,3-9H2,1-2H3,(H,18,19)(H,20,21). The summed E-state index contributed by atoms with van der Waals surface area (Å²) < 4.78 is 0. The summed E-state index contributed by atoms with van der Waals surface area (Å²) in [6.07, 6.45) is 10.3. The Morgan fingerprint density at radius 2 is 1.90 bits per heavy atom. The van der Waals surface area contributed by atoms with Crippen molar-refractivity contribution in [1.82, 2.24) is 15.3 Å². The summed E-state index contributed by atoms with van der Waals surface area (Å²) in [4.78, 5) is 20.6. The van der Waals surface area contributed by atoms with Gasteiger partial charge in [-0.15, -0.1) is 0 Å². The normalized spacial score (nSPS) is 16.5. The maximum Gasteiger partial charge on any atom is 0.271 e. The van der Waals surface area contributed by atoms with Crippen LogP contribution in [0.3, 0.4) is 0 Å². The molecule has 0 atom stereocenters. The van der Waals surface area contributed by atoms with E-state index in [2.05, 4.69) is 34.4 Å². The zero-order chi connectivity index (χ0) is 15.1. The average molecular weight is 290 g/mol. The van der Waals surface area contributed by atoms with Gasteiger partial charge in [0.2, 0.25) is 0 Å². The van der Waals surface area contributed by atoms with Crippen molar-refractivity contribution >= 4 is 11.7 Å². The molecular formula is C16H26N4O. The van der Waals surface area contributed by atoms with E-state index in [1.165, 1.54) is 25.7 Å². The van der Waals surface area contributed by atoms with Crippen molar-refractivity contribution in [2.75, 3.05) is 11.9 Å². The lowest BCUT2D eigenvalue weighted by molar-refractivity contribution is 0.0928. The number of hydrogen-bond donors (Lipinski definition) is 2. The Balaban J connectivity index is 1.86. The minimum absolute atomic E-state index is 0.107. The van der Waals surface area contributed by atoms with Crippen LogP contribution in [0.4, 0.5) is 5.82 Å². The molecule has 1 aliphatic rings. The van der Waals surface area contributed by atoms with Crippen LogP contribution in [0.1, 0.15) is 62.9 Å². The van der Waals surface area contributed by atoms with E-state index in [-0.39, 0.29) is 5.91 Å². The molecule has 5 heteroatoms. The van der Waals surface area contributed by atoms with Gasteiger partial charge in [-0.3, -0.25) is 4.79 Å². The van der Waals surface area contributed by atoms with Crippen LogP contribution < -0.4 is 10.6 Å². The molecule has 2 N–H and O–H groups in total. The molecule has 0 aliphatic heterocycles. The third-order valence-corrected chi connectivity index (χ3v) is 3.77. The molecule has 0 radical (unpaired) electrons. The third kappa shape index (κ3) is 5.33. The van der Waals surface area contributed by atoms with Gasteiger partial charge in [-0.25, -0.2) is 9.97 Å². The molecule has 0 spiro atoms. The van der Waals surface area contributed by atoms with Crippen LogP contribution in [0.15, 0.2) is 12.4 Å². The minimum Gasteiger partial charge on any atom is -0.369 e. The first-order valence-corrected chi connectivity index (χ1v) is 8.02. The Morgan fingerprint density at radius 1 is 1.19 bits per heavy atom. The monoisotopic (exact) mass is 290 g/mol. The zero-order valence-corrected chi connectivity index (χ0v) is 13.1. The maximum atomic E-state index is 12.2. The summed E-state index contributed by atoms with van der Waals surface area (Å²) in [5.41, 5.74) is 0.398. The van der Waals surface area contributed by atoms with Gasteiger partial charge in [-0.05, 0) is 18.8 Å². The highest BCUT2D eigenvalue weighted by Gasteiger charge is 2.16. The first-order chi connectivity index (χ1) is 10.1. The van der Waals surface area contributed by atoms with Crippen molar-refractivity contribution in [3.8, 4) is 0 Å². The van der Waals surface area contributed by atoms with E-state index in [4.69, 9.17) is 0 Å². The predicted octanol–water partition coefficient (Wildman–Crippen LogP) is 3.00. The SMILES string of the molecule is CC(C)CNc1cnc(C(=O)NC2CCCCCC2)cn1. The molecule has 5 nitrogen and oxygen atoms in total. The van der Waals surface area contributed by atoms with Crippen LogP contribution in [0.5, 0.6) is 0 Å². The van der Waals surface area contributed by atoms with Gasteiger partial charge in [0.1, 0.15) is 11.5 Å². The molecule has 21 heavy (non-hydrogen) atoms. The van der Waals surface area contributed by atoms with Gasteiger partial charge in [0, 0.05) is 12.6 Å². The first-order valence-electron chi connectivity index (χ1n) is 8.02. The number of nitrogens with one attached hydrogen (secondary N) is 2. The van der Waals surface area contributed by atoms with Crippen LogP contribution >= 0.6 is 0 Å². The number of nitrogens with zero attached hydrogens (tertiary/aromatic N) is 2. The lowest BCUT2D eigenvalue weighted by Crippen LogP contribution is -2.35. The van der Waals surface area contributed by atoms with Gasteiger partial charge in [-0.1, -0.05) is 39.5 Å². The van der Waals surface area contributed by atoms with Gasteiger partial charge < -0.3 is 10.6 Å². The Labute approximate surface area is 127 Å². The van der Waals surface area contributed by atoms with Crippen molar-refractivity contribution in [2.24, 2.45) is 5.92 Å². The summed E-state index contributed by atoms with van der Waals surface area (Å²) in [6.45, 7) is 5.12. The zero-order valence-electron chi connectivity index (χ0n) is 13.1. The fourth-order valence-corrected chi connectivity index (χ4v) is 2.53. The number of anilines is 1. The van der Waals surface area contributed by atoms with Gasteiger partial charge in [0.15, 0.2) is 0 Å². The first kappa shape index (κ1) is 15.7. The van der Waals surface area contributed by atoms with Gasteiger partial charge in [0.05, 0.1) is 12.4 Å². The number of carbonyl (C=O) groups excluding carboxylic acids is 1. The van der Waals surface area contributed by atoms with Crippen molar-refractivity contribution in [1.29, 1.82) is 0 Å². The molecule has 1 fully saturated rings. The molecule has 0 bridgehead atoms. The second-order valence-electron chi connectivity index (χ2n) is 6.22. The molecular weight excluding hydrogens is 264 g/mol. The molecule has 1 aromatic heterocycles. The molecule has 1 saturated carbocycles. The summed E-state index contributed by atoms with van der Waals surface area (Å²) in [6, 6.07) is 0.292. The number of amides is 1. The Morgan fingerprint density at radius 3 is 2.48 bits per heavy atom. The summed E-state index contributed by atoms with van der Waals surface area (Å²) in [5, 5.41) is 6.28. The van der Waals surface area contributed by atoms with E-state index < -0.39 is 0 Å². The second-order valence-corrected chi connectivity index (χ2v) is 6.22. The number of carbonyl (C=O) groups is 1. The van der Waals surface area contributed by atoms with Crippen LogP contribution in [0, 0.1) is 5.92 Å². The van der Waals surface area contributed by atoms with Crippen molar-refractivity contribution in [2.45, 2.75) is 58.4 Å². The molecule has 1 amide bonds. The lowest BCUT2D eigenvalue weighted by Gasteiger charge is -2.15. The van der Waals surface area contributed by atoms with Crippen molar-refractivity contribution in [3.05, 3.63) is 18.1 Å². The molecule has 1 aromatic rings. The third-order valence-electron chi connectivity index (χ3n) is 3.77. The van der Waals surface area contributed by atoms with E-state index in [1.54, 1.807) is 12.4 Å². The number of aromatic nitrogens is 2. The average Bonchev–Trinajstić information content (AvgIpc) is 2.74. The molecule has 2 rings (SSSR count). The fraction of sp³-hybridized carbons (Fsp3) is 0.688. The van der Waals surface area contributed by atoms with Crippen LogP contribution in [-0.4, -0.2) is 28.5 Å². The Bertz CT molecular complexity index is 436. The van der Waals surface area contributed by atoms with Crippen molar-refractivity contribution in [3.63, 3.8) is 0 Å². The highest BCUT2D eigenvalue weighted by atomic mass is 16.1. The largest absolute Gasteiger partial charge is 0.369 e. The highest BCUT2D eigenvalue weighted by molar-refractivity contribution is 5.92. The van der Waals surface area contributed by atoms with Crippen molar-refractivity contribution < 1.29 is 4.79 Å². The fourth-order valence-electron chi connectivity index (χ4n) is 2.53. The second kappa shape index (κ2) is 7.96. The summed E-state index contributed by atoms with van der Waals surface area (Å²) in [7, 11) is 0.